The van der Waals surface area contributed by atoms with Gasteiger partial charge in [0.2, 0.25) is 0 Å². The van der Waals surface area contributed by atoms with Crippen molar-refractivity contribution in [1.82, 2.24) is 4.90 Å². The molecule has 3 aromatic carbocycles. The fourth-order valence-electron chi connectivity index (χ4n) is 5.38. The Hall–Kier alpha value is -2.78. The maximum absolute atomic E-state index is 9.96. The molecule has 1 fully saturated rings. The zero-order chi connectivity index (χ0) is 21.8. The molecule has 3 nitrogen and oxygen atoms in total. The number of ether oxygens (including phenoxy) is 1. The molecule has 5 rings (SSSR count). The van der Waals surface area contributed by atoms with Crippen LogP contribution in [0, 0.1) is 0 Å². The Morgan fingerprint density at radius 3 is 2.41 bits per heavy atom. The maximum atomic E-state index is 9.96. The van der Waals surface area contributed by atoms with Gasteiger partial charge in [-0.15, -0.1) is 0 Å². The van der Waals surface area contributed by atoms with Gasteiger partial charge in [-0.05, 0) is 68.1 Å². The molecule has 0 bridgehead atoms. The van der Waals surface area contributed by atoms with Crippen molar-refractivity contribution in [2.75, 3.05) is 26.2 Å². The van der Waals surface area contributed by atoms with Crippen LogP contribution in [0.4, 0.5) is 0 Å². The first kappa shape index (κ1) is 21.1. The van der Waals surface area contributed by atoms with E-state index in [-0.39, 0.29) is 17.6 Å². The van der Waals surface area contributed by atoms with Crippen LogP contribution < -0.4 is 4.74 Å². The van der Waals surface area contributed by atoms with E-state index >= 15 is 0 Å². The van der Waals surface area contributed by atoms with E-state index < -0.39 is 0 Å². The summed E-state index contributed by atoms with van der Waals surface area (Å²) >= 11 is 0. The second kappa shape index (κ2) is 9.79. The van der Waals surface area contributed by atoms with Crippen LogP contribution in [0.1, 0.15) is 59.8 Å². The fourth-order valence-corrected chi connectivity index (χ4v) is 5.38. The number of hydrogen-bond acceptors (Lipinski definition) is 3. The molecule has 0 aromatic heterocycles. The zero-order valence-electron chi connectivity index (χ0n) is 18.7. The molecule has 0 saturated carbocycles. The van der Waals surface area contributed by atoms with Gasteiger partial charge >= 0.3 is 0 Å². The molecule has 3 heteroatoms. The monoisotopic (exact) mass is 427 g/mol. The highest BCUT2D eigenvalue weighted by atomic mass is 16.5. The quantitative estimate of drug-likeness (QED) is 0.514. The molecule has 2 atom stereocenters. The Balaban J connectivity index is 1.35. The number of aryl methyl sites for hydroxylation is 1. The highest BCUT2D eigenvalue weighted by Gasteiger charge is 2.33. The van der Waals surface area contributed by atoms with Crippen LogP contribution in [-0.2, 0) is 6.42 Å². The van der Waals surface area contributed by atoms with Gasteiger partial charge < -0.3 is 14.7 Å². The molecule has 32 heavy (non-hydrogen) atoms. The topological polar surface area (TPSA) is 32.7 Å². The van der Waals surface area contributed by atoms with E-state index in [0.717, 1.165) is 17.7 Å². The molecule has 166 valence electrons. The van der Waals surface area contributed by atoms with Gasteiger partial charge in [0.05, 0.1) is 6.61 Å². The van der Waals surface area contributed by atoms with Gasteiger partial charge in [0.15, 0.2) is 0 Å². The lowest BCUT2D eigenvalue weighted by atomic mass is 9.75. The summed E-state index contributed by atoms with van der Waals surface area (Å²) in [7, 11) is 0. The number of phenolic OH excluding ortho intramolecular Hbond substituents is 1. The fraction of sp³-hybridized carbons (Fsp3) is 0.379. The molecule has 0 spiro atoms. The van der Waals surface area contributed by atoms with E-state index in [9.17, 15) is 5.11 Å². The van der Waals surface area contributed by atoms with Crippen LogP contribution in [0.15, 0.2) is 72.8 Å². The number of fused-ring (bicyclic) bond motifs is 1. The van der Waals surface area contributed by atoms with Crippen LogP contribution in [-0.4, -0.2) is 36.2 Å². The molecular formula is C29H33NO2. The summed E-state index contributed by atoms with van der Waals surface area (Å²) < 4.78 is 6.09. The number of benzene rings is 3. The molecule has 1 N–H and O–H groups in total. The summed E-state index contributed by atoms with van der Waals surface area (Å²) in [5, 5.41) is 9.96. The Morgan fingerprint density at radius 2 is 1.62 bits per heavy atom. The minimum Gasteiger partial charge on any atom is -0.508 e. The number of hydrogen-bond donors (Lipinski definition) is 1. The van der Waals surface area contributed by atoms with E-state index in [1.165, 1.54) is 62.0 Å². The van der Waals surface area contributed by atoms with Crippen molar-refractivity contribution in [3.05, 3.63) is 95.1 Å². The first-order valence-corrected chi connectivity index (χ1v) is 12.1. The molecule has 2 heterocycles. The standard InChI is InChI=1S/C29H33NO2/c31-25-15-16-26-28(20-25)32-21-27(23-9-3-1-4-10-23)29(26)24-13-11-22(12-14-24)8-7-19-30-17-5-2-6-18-30/h1,3-4,9-16,20,27,29,31H,2,5-8,17-19,21H2/t27-,29-/m0/s1. The second-order valence-corrected chi connectivity index (χ2v) is 9.28. The number of rotatable bonds is 6. The Morgan fingerprint density at radius 1 is 0.844 bits per heavy atom. The van der Waals surface area contributed by atoms with Crippen molar-refractivity contribution in [3.8, 4) is 11.5 Å². The van der Waals surface area contributed by atoms with Gasteiger partial charge in [-0.3, -0.25) is 0 Å². The maximum Gasteiger partial charge on any atom is 0.126 e. The molecule has 1 saturated heterocycles. The average molecular weight is 428 g/mol. The van der Waals surface area contributed by atoms with Crippen molar-refractivity contribution >= 4 is 0 Å². The highest BCUT2D eigenvalue weighted by molar-refractivity contribution is 5.50. The van der Waals surface area contributed by atoms with E-state index in [1.807, 2.05) is 6.07 Å². The number of phenols is 1. The van der Waals surface area contributed by atoms with Crippen LogP contribution in [0.25, 0.3) is 0 Å². The summed E-state index contributed by atoms with van der Waals surface area (Å²) in [6, 6.07) is 25.4. The predicted octanol–water partition coefficient (Wildman–Crippen LogP) is 6.12. The van der Waals surface area contributed by atoms with Crippen LogP contribution in [0.3, 0.4) is 0 Å². The summed E-state index contributed by atoms with van der Waals surface area (Å²) in [4.78, 5) is 2.62. The van der Waals surface area contributed by atoms with Gasteiger partial charge in [0.25, 0.3) is 0 Å². The molecule has 0 radical (unpaired) electrons. The van der Waals surface area contributed by atoms with Gasteiger partial charge in [0, 0.05) is 23.5 Å². The Kier molecular flexibility index (Phi) is 6.45. The van der Waals surface area contributed by atoms with E-state index in [1.54, 1.807) is 12.1 Å². The number of aromatic hydroxyl groups is 1. The van der Waals surface area contributed by atoms with Crippen molar-refractivity contribution < 1.29 is 9.84 Å². The normalized spacial score (nSPS) is 21.0. The van der Waals surface area contributed by atoms with Crippen molar-refractivity contribution in [2.45, 2.75) is 43.9 Å². The minimum absolute atomic E-state index is 0.212. The lowest BCUT2D eigenvalue weighted by Crippen LogP contribution is -2.30. The third-order valence-corrected chi connectivity index (χ3v) is 7.11. The van der Waals surface area contributed by atoms with Gasteiger partial charge in [-0.1, -0.05) is 67.1 Å². The third-order valence-electron chi connectivity index (χ3n) is 7.11. The van der Waals surface area contributed by atoms with E-state index in [2.05, 4.69) is 59.5 Å². The van der Waals surface area contributed by atoms with Gasteiger partial charge in [-0.25, -0.2) is 0 Å². The summed E-state index contributed by atoms with van der Waals surface area (Å²) in [5.74, 6) is 1.51. The summed E-state index contributed by atoms with van der Waals surface area (Å²) in [6.45, 7) is 4.38. The largest absolute Gasteiger partial charge is 0.508 e. The number of piperidine rings is 1. The predicted molar refractivity (Wildman–Crippen MR) is 130 cm³/mol. The summed E-state index contributed by atoms with van der Waals surface area (Å²) in [6.07, 6.45) is 6.49. The van der Waals surface area contributed by atoms with Crippen LogP contribution >= 0.6 is 0 Å². The van der Waals surface area contributed by atoms with Gasteiger partial charge in [-0.2, -0.15) is 0 Å². The lowest BCUT2D eigenvalue weighted by molar-refractivity contribution is 0.226. The van der Waals surface area contributed by atoms with Crippen LogP contribution in [0.2, 0.25) is 0 Å². The third kappa shape index (κ3) is 4.68. The minimum atomic E-state index is 0.212. The van der Waals surface area contributed by atoms with Gasteiger partial charge in [0.1, 0.15) is 11.5 Å². The lowest BCUT2D eigenvalue weighted by Gasteiger charge is -2.34. The highest BCUT2D eigenvalue weighted by Crippen LogP contribution is 2.46. The van der Waals surface area contributed by atoms with Crippen LogP contribution in [0.5, 0.6) is 11.5 Å². The summed E-state index contributed by atoms with van der Waals surface area (Å²) in [5.41, 5.74) is 5.18. The van der Waals surface area contributed by atoms with Crippen molar-refractivity contribution in [1.29, 1.82) is 0 Å². The second-order valence-electron chi connectivity index (χ2n) is 9.28. The molecule has 3 aromatic rings. The van der Waals surface area contributed by atoms with Crippen molar-refractivity contribution in [3.63, 3.8) is 0 Å². The molecule has 0 unspecified atom stereocenters. The van der Waals surface area contributed by atoms with E-state index in [0.29, 0.717) is 6.61 Å². The molecule has 0 aliphatic carbocycles. The molecule has 2 aliphatic rings. The van der Waals surface area contributed by atoms with E-state index in [4.69, 9.17) is 4.74 Å². The SMILES string of the molecule is Oc1ccc2c(c1)OC[C@@H](c1ccccc1)[C@H]2c1ccc(CCCN2CCCCC2)cc1. The Labute approximate surface area is 191 Å². The number of likely N-dealkylation sites (tertiary alicyclic amines) is 1. The number of nitrogens with zero attached hydrogens (tertiary/aromatic N) is 1. The molecule has 2 aliphatic heterocycles. The molecular weight excluding hydrogens is 394 g/mol. The van der Waals surface area contributed by atoms with Crippen molar-refractivity contribution in [2.24, 2.45) is 0 Å². The first-order valence-electron chi connectivity index (χ1n) is 12.1. The first-order chi connectivity index (χ1) is 15.8. The smallest absolute Gasteiger partial charge is 0.126 e. The average Bonchev–Trinajstić information content (AvgIpc) is 2.85. The zero-order valence-corrected chi connectivity index (χ0v) is 18.7. The molecule has 0 amide bonds. The Bertz CT molecular complexity index is 1010.